The first-order valence-electron chi connectivity index (χ1n) is 9.12. The molecule has 0 radical (unpaired) electrons. The molecular weight excluding hydrogens is 347 g/mol. The maximum Gasteiger partial charge on any atom is 0.416 e. The van der Waals surface area contributed by atoms with Crippen LogP contribution in [0.2, 0.25) is 0 Å². The molecule has 2 atom stereocenters. The molecule has 3 aliphatic rings. The normalized spacial score (nSPS) is 32.0. The highest BCUT2D eigenvalue weighted by Crippen LogP contribution is 2.52. The summed E-state index contributed by atoms with van der Waals surface area (Å²) in [6, 6.07) is 5.94. The lowest BCUT2D eigenvalue weighted by atomic mass is 9.87. The van der Waals surface area contributed by atoms with E-state index in [1.165, 1.54) is 12.1 Å². The molecule has 1 aromatic carbocycles. The molecular formula is C19H22F3NO3. The van der Waals surface area contributed by atoms with Crippen LogP contribution in [0.5, 0.6) is 0 Å². The zero-order chi connectivity index (χ0) is 18.3. The second-order valence-electron chi connectivity index (χ2n) is 7.37. The summed E-state index contributed by atoms with van der Waals surface area (Å²) < 4.78 is 50.2. The molecule has 0 spiro atoms. The Morgan fingerprint density at radius 3 is 2.50 bits per heavy atom. The van der Waals surface area contributed by atoms with Crippen LogP contribution in [-0.4, -0.2) is 49.3 Å². The van der Waals surface area contributed by atoms with Crippen molar-refractivity contribution in [2.45, 2.75) is 43.5 Å². The Hall–Kier alpha value is -1.60. The molecule has 3 fully saturated rings. The van der Waals surface area contributed by atoms with Crippen molar-refractivity contribution in [1.82, 2.24) is 4.90 Å². The average Bonchev–Trinajstić information content (AvgIpc) is 3.38. The van der Waals surface area contributed by atoms with Gasteiger partial charge in [-0.3, -0.25) is 9.69 Å². The van der Waals surface area contributed by atoms with Gasteiger partial charge in [0.1, 0.15) is 6.10 Å². The fraction of sp³-hybridized carbons (Fsp3) is 0.632. The van der Waals surface area contributed by atoms with Crippen molar-refractivity contribution in [2.24, 2.45) is 5.92 Å². The summed E-state index contributed by atoms with van der Waals surface area (Å²) in [7, 11) is 0. The zero-order valence-corrected chi connectivity index (χ0v) is 14.4. The van der Waals surface area contributed by atoms with Gasteiger partial charge in [0.15, 0.2) is 0 Å². The molecule has 2 saturated carbocycles. The van der Waals surface area contributed by atoms with E-state index in [0.29, 0.717) is 12.5 Å². The molecule has 0 N–H and O–H groups in total. The molecule has 142 valence electrons. The molecule has 4 nitrogen and oxygen atoms in total. The predicted molar refractivity (Wildman–Crippen MR) is 87.6 cm³/mol. The summed E-state index contributed by atoms with van der Waals surface area (Å²) in [5.41, 5.74) is -0.432. The van der Waals surface area contributed by atoms with Crippen LogP contribution in [0.3, 0.4) is 0 Å². The van der Waals surface area contributed by atoms with E-state index in [9.17, 15) is 18.0 Å². The first-order chi connectivity index (χ1) is 12.4. The van der Waals surface area contributed by atoms with Gasteiger partial charge in [-0.2, -0.15) is 13.2 Å². The summed E-state index contributed by atoms with van der Waals surface area (Å²) in [5, 5.41) is 0. The van der Waals surface area contributed by atoms with Crippen molar-refractivity contribution in [2.75, 3.05) is 26.3 Å². The van der Waals surface area contributed by atoms with Crippen LogP contribution in [0.15, 0.2) is 24.3 Å². The highest BCUT2D eigenvalue weighted by molar-refractivity contribution is 5.78. The number of alkyl halides is 3. The Labute approximate surface area is 150 Å². The van der Waals surface area contributed by atoms with Gasteiger partial charge in [0.2, 0.25) is 0 Å². The molecule has 1 aromatic rings. The van der Waals surface area contributed by atoms with Gasteiger partial charge in [0.05, 0.1) is 24.7 Å². The maximum absolute atomic E-state index is 13.1. The largest absolute Gasteiger partial charge is 0.462 e. The van der Waals surface area contributed by atoms with Gasteiger partial charge in [-0.05, 0) is 24.0 Å². The van der Waals surface area contributed by atoms with Crippen LogP contribution < -0.4 is 0 Å². The maximum atomic E-state index is 13.1. The molecule has 4 rings (SSSR count). The smallest absolute Gasteiger partial charge is 0.416 e. The lowest BCUT2D eigenvalue weighted by Crippen LogP contribution is -2.52. The van der Waals surface area contributed by atoms with E-state index in [4.69, 9.17) is 9.47 Å². The van der Waals surface area contributed by atoms with E-state index in [1.54, 1.807) is 6.07 Å². The lowest BCUT2D eigenvalue weighted by molar-refractivity contribution is -0.159. The zero-order valence-electron chi connectivity index (χ0n) is 14.4. The molecule has 1 saturated heterocycles. The SMILES string of the molecule is O=C(OC1CC(N2CCOCC2)C1)[C@H]1C[C@@H]1c1ccccc1C(F)(F)F. The monoisotopic (exact) mass is 369 g/mol. The quantitative estimate of drug-likeness (QED) is 0.764. The van der Waals surface area contributed by atoms with Crippen molar-refractivity contribution in [1.29, 1.82) is 0 Å². The molecule has 1 heterocycles. The molecule has 1 aliphatic heterocycles. The van der Waals surface area contributed by atoms with Crippen molar-refractivity contribution >= 4 is 5.97 Å². The van der Waals surface area contributed by atoms with Crippen LogP contribution in [0.4, 0.5) is 13.2 Å². The molecule has 7 heteroatoms. The fourth-order valence-corrected chi connectivity index (χ4v) is 4.00. The molecule has 2 aliphatic carbocycles. The third kappa shape index (κ3) is 3.60. The molecule has 26 heavy (non-hydrogen) atoms. The van der Waals surface area contributed by atoms with E-state index in [1.807, 2.05) is 0 Å². The van der Waals surface area contributed by atoms with Crippen molar-refractivity contribution < 1.29 is 27.4 Å². The number of hydrogen-bond donors (Lipinski definition) is 0. The van der Waals surface area contributed by atoms with Crippen molar-refractivity contribution in [3.63, 3.8) is 0 Å². The van der Waals surface area contributed by atoms with Crippen LogP contribution >= 0.6 is 0 Å². The lowest BCUT2D eigenvalue weighted by Gasteiger charge is -2.43. The van der Waals surface area contributed by atoms with Crippen LogP contribution in [0, 0.1) is 5.92 Å². The average molecular weight is 369 g/mol. The van der Waals surface area contributed by atoms with Gasteiger partial charge < -0.3 is 9.47 Å². The second kappa shape index (κ2) is 6.85. The van der Waals surface area contributed by atoms with E-state index >= 15 is 0 Å². The van der Waals surface area contributed by atoms with Crippen molar-refractivity contribution in [3.05, 3.63) is 35.4 Å². The minimum Gasteiger partial charge on any atom is -0.462 e. The van der Waals surface area contributed by atoms with E-state index in [2.05, 4.69) is 4.90 Å². The number of rotatable bonds is 4. The number of nitrogens with zero attached hydrogens (tertiary/aromatic N) is 1. The Kier molecular flexibility index (Phi) is 4.69. The molecule has 0 amide bonds. The topological polar surface area (TPSA) is 38.8 Å². The van der Waals surface area contributed by atoms with Gasteiger partial charge >= 0.3 is 12.1 Å². The highest BCUT2D eigenvalue weighted by Gasteiger charge is 2.50. The Morgan fingerprint density at radius 2 is 1.81 bits per heavy atom. The Balaban J connectivity index is 1.29. The van der Waals surface area contributed by atoms with Gasteiger partial charge in [-0.25, -0.2) is 0 Å². The Bertz CT molecular complexity index is 666. The molecule has 0 aromatic heterocycles. The van der Waals surface area contributed by atoms with Gasteiger partial charge in [0.25, 0.3) is 0 Å². The first-order valence-corrected chi connectivity index (χ1v) is 9.12. The number of morpholine rings is 1. The predicted octanol–water partition coefficient (Wildman–Crippen LogP) is 3.22. The highest BCUT2D eigenvalue weighted by atomic mass is 19.4. The third-order valence-corrected chi connectivity index (χ3v) is 5.67. The first kappa shape index (κ1) is 17.8. The summed E-state index contributed by atoms with van der Waals surface area (Å²) in [6.45, 7) is 3.29. The number of carbonyl (C=O) groups is 1. The van der Waals surface area contributed by atoms with Crippen LogP contribution in [-0.2, 0) is 20.4 Å². The van der Waals surface area contributed by atoms with Crippen LogP contribution in [0.1, 0.15) is 36.3 Å². The number of halogens is 3. The van der Waals surface area contributed by atoms with Crippen molar-refractivity contribution in [3.8, 4) is 0 Å². The van der Waals surface area contributed by atoms with Crippen LogP contribution in [0.25, 0.3) is 0 Å². The van der Waals surface area contributed by atoms with Gasteiger partial charge in [0, 0.05) is 32.0 Å². The molecule has 0 bridgehead atoms. The van der Waals surface area contributed by atoms with Gasteiger partial charge in [-0.15, -0.1) is 0 Å². The number of hydrogen-bond acceptors (Lipinski definition) is 4. The minimum atomic E-state index is -4.40. The summed E-state index contributed by atoms with van der Waals surface area (Å²) in [6.07, 6.45) is -2.45. The number of ether oxygens (including phenoxy) is 2. The number of carbonyl (C=O) groups excluding carboxylic acids is 1. The number of benzene rings is 1. The summed E-state index contributed by atoms with van der Waals surface area (Å²) in [4.78, 5) is 14.7. The standard InChI is InChI=1S/C19H22F3NO3/c20-19(21,22)17-4-2-1-3-14(17)15-11-16(15)18(24)26-13-9-12(10-13)23-5-7-25-8-6-23/h1-4,12-13,15-16H,5-11H2/t12?,13?,15-,16+/m1/s1. The third-order valence-electron chi connectivity index (χ3n) is 5.67. The van der Waals surface area contributed by atoms with E-state index in [-0.39, 0.29) is 23.6 Å². The Morgan fingerprint density at radius 1 is 1.12 bits per heavy atom. The van der Waals surface area contributed by atoms with Gasteiger partial charge in [-0.1, -0.05) is 18.2 Å². The fourth-order valence-electron chi connectivity index (χ4n) is 4.00. The number of esters is 1. The van der Waals surface area contributed by atoms with E-state index in [0.717, 1.165) is 45.2 Å². The molecule has 0 unspecified atom stereocenters. The summed E-state index contributed by atoms with van der Waals surface area (Å²) in [5.74, 6) is -1.17. The summed E-state index contributed by atoms with van der Waals surface area (Å²) >= 11 is 0. The minimum absolute atomic E-state index is 0.102. The van der Waals surface area contributed by atoms with E-state index < -0.39 is 17.7 Å². The second-order valence-corrected chi connectivity index (χ2v) is 7.37.